The third-order valence-electron chi connectivity index (χ3n) is 5.54. The molecule has 3 heterocycles. The average Bonchev–Trinajstić information content (AvgIpc) is 3.39. The van der Waals surface area contributed by atoms with E-state index in [0.717, 1.165) is 29.0 Å². The number of anilines is 2. The molecule has 0 bridgehead atoms. The molecule has 0 spiro atoms. The molecule has 1 aliphatic heterocycles. The van der Waals surface area contributed by atoms with E-state index in [2.05, 4.69) is 64.7 Å². The number of fused-ring (bicyclic) bond motifs is 1. The predicted molar refractivity (Wildman–Crippen MR) is 117 cm³/mol. The number of benzene rings is 2. The Morgan fingerprint density at radius 3 is 2.45 bits per heavy atom. The van der Waals surface area contributed by atoms with E-state index in [1.165, 1.54) is 37.1 Å². The van der Waals surface area contributed by atoms with E-state index in [-0.39, 0.29) is 0 Å². The summed E-state index contributed by atoms with van der Waals surface area (Å²) in [4.78, 5) is 7.27. The molecule has 0 saturated carbocycles. The Balaban J connectivity index is 1.40. The maximum atomic E-state index is 4.74. The van der Waals surface area contributed by atoms with Gasteiger partial charge in [-0.3, -0.25) is 4.90 Å². The van der Waals surface area contributed by atoms with Crippen LogP contribution in [0.2, 0.25) is 0 Å². The molecule has 29 heavy (non-hydrogen) atoms. The fourth-order valence-corrected chi connectivity index (χ4v) is 3.94. The van der Waals surface area contributed by atoms with Crippen LogP contribution in [-0.2, 0) is 6.54 Å². The van der Waals surface area contributed by atoms with Crippen molar-refractivity contribution in [1.29, 1.82) is 0 Å². The Morgan fingerprint density at radius 1 is 0.931 bits per heavy atom. The lowest BCUT2D eigenvalue weighted by molar-refractivity contribution is 0.331. The molecule has 1 saturated heterocycles. The molecule has 5 heteroatoms. The van der Waals surface area contributed by atoms with Crippen LogP contribution in [0.5, 0.6) is 0 Å². The van der Waals surface area contributed by atoms with Gasteiger partial charge < -0.3 is 5.32 Å². The summed E-state index contributed by atoms with van der Waals surface area (Å²) in [6.45, 7) is 5.56. The minimum Gasteiger partial charge on any atom is -0.323 e. The highest BCUT2D eigenvalue weighted by molar-refractivity contribution is 5.78. The molecule has 0 aliphatic carbocycles. The molecule has 0 amide bonds. The van der Waals surface area contributed by atoms with E-state index in [9.17, 15) is 0 Å². The third kappa shape index (κ3) is 3.87. The maximum Gasteiger partial charge on any atom is 0.247 e. The van der Waals surface area contributed by atoms with Gasteiger partial charge in [-0.25, -0.2) is 4.52 Å². The topological polar surface area (TPSA) is 45.5 Å². The highest BCUT2D eigenvalue weighted by atomic mass is 15.3. The van der Waals surface area contributed by atoms with Crippen LogP contribution in [0.15, 0.2) is 66.9 Å². The van der Waals surface area contributed by atoms with Crippen molar-refractivity contribution in [2.45, 2.75) is 26.3 Å². The number of aryl methyl sites for hydroxylation is 1. The van der Waals surface area contributed by atoms with Crippen LogP contribution in [0, 0.1) is 6.92 Å². The Bertz CT molecular complexity index is 1110. The number of hydrogen-bond acceptors (Lipinski definition) is 4. The van der Waals surface area contributed by atoms with Crippen LogP contribution in [0.4, 0.5) is 11.6 Å². The van der Waals surface area contributed by atoms with E-state index in [0.29, 0.717) is 5.95 Å². The van der Waals surface area contributed by atoms with Gasteiger partial charge >= 0.3 is 0 Å². The molecule has 5 rings (SSSR count). The lowest BCUT2D eigenvalue weighted by Crippen LogP contribution is -2.18. The van der Waals surface area contributed by atoms with Crippen LogP contribution >= 0.6 is 0 Å². The van der Waals surface area contributed by atoms with Gasteiger partial charge in [0, 0.05) is 24.0 Å². The maximum absolute atomic E-state index is 4.74. The standard InChI is InChI=1S/C24H25N5/c1-18-6-12-21(13-7-18)25-24-26-23-22(5-4-16-29(23)27-24)20-10-8-19(9-11-20)17-28-14-2-3-15-28/h4-13,16H,2-3,14-15,17H2,1H3,(H,25,27). The van der Waals surface area contributed by atoms with Gasteiger partial charge in [-0.05, 0) is 68.2 Å². The SMILES string of the molecule is Cc1ccc(Nc2nc3c(-c4ccc(CN5CCCC5)cc4)cccn3n2)cc1. The summed E-state index contributed by atoms with van der Waals surface area (Å²) in [5, 5.41) is 7.89. The number of likely N-dealkylation sites (tertiary alicyclic amines) is 1. The summed E-state index contributed by atoms with van der Waals surface area (Å²) >= 11 is 0. The van der Waals surface area contributed by atoms with Crippen LogP contribution in [0.1, 0.15) is 24.0 Å². The summed E-state index contributed by atoms with van der Waals surface area (Å²) in [6.07, 6.45) is 4.59. The predicted octanol–water partition coefficient (Wildman–Crippen LogP) is 5.04. The van der Waals surface area contributed by atoms with Crippen LogP contribution in [0.25, 0.3) is 16.8 Å². The van der Waals surface area contributed by atoms with Crippen molar-refractivity contribution in [3.8, 4) is 11.1 Å². The second-order valence-electron chi connectivity index (χ2n) is 7.80. The summed E-state index contributed by atoms with van der Waals surface area (Å²) in [5.74, 6) is 0.604. The van der Waals surface area contributed by atoms with Crippen molar-refractivity contribution in [1.82, 2.24) is 19.5 Å². The van der Waals surface area contributed by atoms with Crippen molar-refractivity contribution in [3.63, 3.8) is 0 Å². The molecule has 146 valence electrons. The monoisotopic (exact) mass is 383 g/mol. The molecule has 0 atom stereocenters. The van der Waals surface area contributed by atoms with Gasteiger partial charge in [-0.2, -0.15) is 4.98 Å². The fourth-order valence-electron chi connectivity index (χ4n) is 3.94. The number of hydrogen-bond donors (Lipinski definition) is 1. The average molecular weight is 383 g/mol. The number of nitrogens with zero attached hydrogens (tertiary/aromatic N) is 4. The van der Waals surface area contributed by atoms with E-state index >= 15 is 0 Å². The molecule has 2 aromatic heterocycles. The second kappa shape index (κ2) is 7.68. The third-order valence-corrected chi connectivity index (χ3v) is 5.54. The van der Waals surface area contributed by atoms with Crippen molar-refractivity contribution < 1.29 is 0 Å². The summed E-state index contributed by atoms with van der Waals surface area (Å²) in [7, 11) is 0. The first-order valence-electron chi connectivity index (χ1n) is 10.3. The molecule has 4 aromatic rings. The van der Waals surface area contributed by atoms with Gasteiger partial charge in [0.2, 0.25) is 5.95 Å². The van der Waals surface area contributed by atoms with Gasteiger partial charge in [-0.15, -0.1) is 5.10 Å². The lowest BCUT2D eigenvalue weighted by Gasteiger charge is -2.14. The number of aromatic nitrogens is 3. The van der Waals surface area contributed by atoms with Gasteiger partial charge in [-0.1, -0.05) is 42.0 Å². The number of rotatable bonds is 5. The normalized spacial score (nSPS) is 14.5. The zero-order chi connectivity index (χ0) is 19.6. The minimum atomic E-state index is 0.604. The first-order valence-corrected chi connectivity index (χ1v) is 10.3. The molecule has 1 N–H and O–H groups in total. The van der Waals surface area contributed by atoms with Crippen molar-refractivity contribution >= 4 is 17.3 Å². The quantitative estimate of drug-likeness (QED) is 0.524. The van der Waals surface area contributed by atoms with Crippen molar-refractivity contribution in [2.24, 2.45) is 0 Å². The number of pyridine rings is 1. The van der Waals surface area contributed by atoms with Crippen LogP contribution in [0.3, 0.4) is 0 Å². The van der Waals surface area contributed by atoms with Crippen molar-refractivity contribution in [3.05, 3.63) is 78.0 Å². The van der Waals surface area contributed by atoms with E-state index < -0.39 is 0 Å². The molecule has 2 aromatic carbocycles. The fraction of sp³-hybridized carbons (Fsp3) is 0.250. The van der Waals surface area contributed by atoms with Crippen molar-refractivity contribution in [2.75, 3.05) is 18.4 Å². The Kier molecular flexibility index (Phi) is 4.74. The molecular formula is C24H25N5. The first-order chi connectivity index (χ1) is 14.2. The smallest absolute Gasteiger partial charge is 0.247 e. The van der Waals surface area contributed by atoms with Crippen LogP contribution in [-0.4, -0.2) is 32.6 Å². The highest BCUT2D eigenvalue weighted by Crippen LogP contribution is 2.26. The first kappa shape index (κ1) is 17.9. The largest absolute Gasteiger partial charge is 0.323 e. The van der Waals surface area contributed by atoms with E-state index in [4.69, 9.17) is 4.98 Å². The van der Waals surface area contributed by atoms with Gasteiger partial charge in [0.25, 0.3) is 0 Å². The lowest BCUT2D eigenvalue weighted by atomic mass is 10.0. The molecule has 0 radical (unpaired) electrons. The summed E-state index contributed by atoms with van der Waals surface area (Å²) in [5.41, 5.74) is 6.69. The molecule has 0 unspecified atom stereocenters. The Labute approximate surface area is 171 Å². The molecule has 5 nitrogen and oxygen atoms in total. The van der Waals surface area contributed by atoms with E-state index in [1.54, 1.807) is 0 Å². The van der Waals surface area contributed by atoms with E-state index in [1.807, 2.05) is 28.9 Å². The summed E-state index contributed by atoms with van der Waals surface area (Å²) in [6, 6.07) is 21.2. The number of nitrogens with one attached hydrogen (secondary N) is 1. The summed E-state index contributed by atoms with van der Waals surface area (Å²) < 4.78 is 1.84. The Hall–Kier alpha value is -3.18. The zero-order valence-electron chi connectivity index (χ0n) is 16.7. The molecule has 1 fully saturated rings. The van der Waals surface area contributed by atoms with Gasteiger partial charge in [0.15, 0.2) is 5.65 Å². The second-order valence-corrected chi connectivity index (χ2v) is 7.80. The zero-order valence-corrected chi connectivity index (χ0v) is 16.7. The van der Waals surface area contributed by atoms with Gasteiger partial charge in [0.1, 0.15) is 0 Å². The Morgan fingerprint density at radius 2 is 1.69 bits per heavy atom. The highest BCUT2D eigenvalue weighted by Gasteiger charge is 2.13. The molecule has 1 aliphatic rings. The molecular weight excluding hydrogens is 358 g/mol. The van der Waals surface area contributed by atoms with Crippen LogP contribution < -0.4 is 5.32 Å². The van der Waals surface area contributed by atoms with Gasteiger partial charge in [0.05, 0.1) is 0 Å². The minimum absolute atomic E-state index is 0.604.